The zero-order valence-electron chi connectivity index (χ0n) is 13.2. The van der Waals surface area contributed by atoms with Crippen LogP contribution in [0.25, 0.3) is 10.2 Å². The molecule has 2 aromatic heterocycles. The highest BCUT2D eigenvalue weighted by Gasteiger charge is 2.12. The second kappa shape index (κ2) is 8.17. The van der Waals surface area contributed by atoms with Gasteiger partial charge < -0.3 is 10.1 Å². The minimum absolute atomic E-state index is 0.680. The number of nitrogens with zero attached hydrogens (tertiary/aromatic N) is 2. The van der Waals surface area contributed by atoms with Crippen LogP contribution in [0.3, 0.4) is 0 Å². The summed E-state index contributed by atoms with van der Waals surface area (Å²) < 4.78 is 5.92. The Morgan fingerprint density at radius 3 is 2.71 bits per heavy atom. The molecule has 2 rings (SSSR count). The predicted octanol–water partition coefficient (Wildman–Crippen LogP) is 4.64. The van der Waals surface area contributed by atoms with Gasteiger partial charge in [0.2, 0.25) is 11.8 Å². The average molecular weight is 307 g/mol. The lowest BCUT2D eigenvalue weighted by atomic mass is 10.3. The molecule has 0 saturated carbocycles. The first-order chi connectivity index (χ1) is 10.3. The van der Waals surface area contributed by atoms with Gasteiger partial charge in [-0.1, -0.05) is 33.6 Å². The van der Waals surface area contributed by atoms with E-state index in [1.54, 1.807) is 11.3 Å². The van der Waals surface area contributed by atoms with Gasteiger partial charge in [-0.25, -0.2) is 4.98 Å². The molecule has 0 radical (unpaired) electrons. The van der Waals surface area contributed by atoms with E-state index >= 15 is 0 Å². The number of thiophene rings is 1. The second-order valence-corrected chi connectivity index (χ2v) is 6.24. The number of rotatable bonds is 9. The average Bonchev–Trinajstić information content (AvgIpc) is 2.92. The number of nitrogens with one attached hydrogen (secondary N) is 1. The molecule has 4 nitrogen and oxygen atoms in total. The molecule has 0 saturated heterocycles. The van der Waals surface area contributed by atoms with Crippen molar-refractivity contribution in [1.29, 1.82) is 0 Å². The Morgan fingerprint density at radius 1 is 1.14 bits per heavy atom. The van der Waals surface area contributed by atoms with Crippen molar-refractivity contribution in [3.05, 3.63) is 10.9 Å². The molecular weight excluding hydrogens is 282 g/mol. The van der Waals surface area contributed by atoms with Gasteiger partial charge in [-0.15, -0.1) is 11.3 Å². The van der Waals surface area contributed by atoms with Crippen LogP contribution in [0.4, 0.5) is 5.95 Å². The van der Waals surface area contributed by atoms with E-state index in [9.17, 15) is 0 Å². The summed E-state index contributed by atoms with van der Waals surface area (Å²) in [7, 11) is 0. The first kappa shape index (κ1) is 16.0. The zero-order chi connectivity index (χ0) is 15.1. The first-order valence-corrected chi connectivity index (χ1v) is 8.77. The number of ether oxygens (including phenoxy) is 1. The van der Waals surface area contributed by atoms with Gasteiger partial charge in [0.25, 0.3) is 0 Å². The topological polar surface area (TPSA) is 47.0 Å². The normalized spacial score (nSPS) is 11.0. The van der Waals surface area contributed by atoms with Crippen LogP contribution in [0.15, 0.2) is 6.07 Å². The van der Waals surface area contributed by atoms with E-state index in [0.29, 0.717) is 5.95 Å². The molecule has 5 heteroatoms. The van der Waals surface area contributed by atoms with Crippen molar-refractivity contribution in [2.45, 2.75) is 52.9 Å². The van der Waals surface area contributed by atoms with Gasteiger partial charge in [-0.05, 0) is 25.3 Å². The van der Waals surface area contributed by atoms with Gasteiger partial charge in [0, 0.05) is 11.4 Å². The quantitative estimate of drug-likeness (QED) is 0.685. The number of anilines is 1. The fourth-order valence-corrected chi connectivity index (χ4v) is 3.02. The summed E-state index contributed by atoms with van der Waals surface area (Å²) >= 11 is 1.73. The molecule has 0 aliphatic carbocycles. The maximum absolute atomic E-state index is 5.92. The minimum Gasteiger partial charge on any atom is -0.477 e. The Hall–Kier alpha value is -1.36. The Morgan fingerprint density at radius 2 is 2.00 bits per heavy atom. The Bertz CT molecular complexity index is 568. The number of unbranched alkanes of at least 4 members (excludes halogenated alkanes) is 2. The molecule has 0 aromatic carbocycles. The number of aromatic nitrogens is 2. The molecule has 0 amide bonds. The zero-order valence-corrected chi connectivity index (χ0v) is 14.1. The first-order valence-electron chi connectivity index (χ1n) is 7.95. The third-order valence-electron chi connectivity index (χ3n) is 3.28. The van der Waals surface area contributed by atoms with E-state index in [1.807, 2.05) is 0 Å². The van der Waals surface area contributed by atoms with Crippen molar-refractivity contribution in [3.63, 3.8) is 0 Å². The number of hydrogen-bond donors (Lipinski definition) is 1. The van der Waals surface area contributed by atoms with Gasteiger partial charge >= 0.3 is 0 Å². The van der Waals surface area contributed by atoms with Crippen LogP contribution < -0.4 is 10.1 Å². The molecule has 21 heavy (non-hydrogen) atoms. The molecule has 0 aliphatic heterocycles. The van der Waals surface area contributed by atoms with Crippen molar-refractivity contribution >= 4 is 27.5 Å². The SMILES string of the molecule is CCCCCOc1nc(NCCC)nc2sc(CC)cc12. The van der Waals surface area contributed by atoms with E-state index in [0.717, 1.165) is 48.5 Å². The van der Waals surface area contributed by atoms with Crippen molar-refractivity contribution in [2.75, 3.05) is 18.5 Å². The van der Waals surface area contributed by atoms with Crippen LogP contribution in [0.1, 0.15) is 51.3 Å². The van der Waals surface area contributed by atoms with E-state index in [4.69, 9.17) is 4.74 Å². The summed E-state index contributed by atoms with van der Waals surface area (Å²) in [6, 6.07) is 2.17. The maximum Gasteiger partial charge on any atom is 0.227 e. The Balaban J connectivity index is 2.22. The molecule has 2 aromatic rings. The highest BCUT2D eigenvalue weighted by atomic mass is 32.1. The second-order valence-electron chi connectivity index (χ2n) is 5.12. The lowest BCUT2D eigenvalue weighted by Gasteiger charge is -2.08. The van der Waals surface area contributed by atoms with Crippen LogP contribution in [0, 0.1) is 0 Å². The summed E-state index contributed by atoms with van der Waals surface area (Å²) in [5.41, 5.74) is 0. The summed E-state index contributed by atoms with van der Waals surface area (Å²) in [5, 5.41) is 4.31. The molecule has 0 atom stereocenters. The van der Waals surface area contributed by atoms with E-state index in [2.05, 4.69) is 42.1 Å². The van der Waals surface area contributed by atoms with E-state index < -0.39 is 0 Å². The monoisotopic (exact) mass is 307 g/mol. The molecular formula is C16H25N3OS. The fraction of sp³-hybridized carbons (Fsp3) is 0.625. The maximum atomic E-state index is 5.92. The standard InChI is InChI=1S/C16H25N3OS/c1-4-7-8-10-20-14-13-11-12(6-3)21-15(13)19-16(18-14)17-9-5-2/h11H,4-10H2,1-3H3,(H,17,18,19). The fourth-order valence-electron chi connectivity index (χ4n) is 2.07. The molecule has 2 heterocycles. The third kappa shape index (κ3) is 4.30. The van der Waals surface area contributed by atoms with Crippen molar-refractivity contribution in [3.8, 4) is 5.88 Å². The Labute approximate surface area is 131 Å². The lowest BCUT2D eigenvalue weighted by Crippen LogP contribution is -2.06. The van der Waals surface area contributed by atoms with Crippen LogP contribution in [-0.4, -0.2) is 23.1 Å². The third-order valence-corrected chi connectivity index (χ3v) is 4.45. The van der Waals surface area contributed by atoms with Crippen LogP contribution in [0.2, 0.25) is 0 Å². The molecule has 0 unspecified atom stereocenters. The van der Waals surface area contributed by atoms with Crippen molar-refractivity contribution in [1.82, 2.24) is 9.97 Å². The van der Waals surface area contributed by atoms with E-state index in [-0.39, 0.29) is 0 Å². The largest absolute Gasteiger partial charge is 0.477 e. The Kier molecular flexibility index (Phi) is 6.23. The highest BCUT2D eigenvalue weighted by Crippen LogP contribution is 2.31. The number of aryl methyl sites for hydroxylation is 1. The molecule has 0 bridgehead atoms. The van der Waals surface area contributed by atoms with Crippen LogP contribution >= 0.6 is 11.3 Å². The van der Waals surface area contributed by atoms with Gasteiger partial charge in [0.1, 0.15) is 4.83 Å². The summed E-state index contributed by atoms with van der Waals surface area (Å²) in [6.07, 6.45) is 5.54. The van der Waals surface area contributed by atoms with Gasteiger partial charge in [0.05, 0.1) is 12.0 Å². The summed E-state index contributed by atoms with van der Waals surface area (Å²) in [6.45, 7) is 8.10. The van der Waals surface area contributed by atoms with Crippen molar-refractivity contribution < 1.29 is 4.74 Å². The number of fused-ring (bicyclic) bond motifs is 1. The predicted molar refractivity (Wildman–Crippen MR) is 90.6 cm³/mol. The molecule has 1 N–H and O–H groups in total. The molecule has 116 valence electrons. The molecule has 0 aliphatic rings. The van der Waals surface area contributed by atoms with Crippen molar-refractivity contribution in [2.24, 2.45) is 0 Å². The van der Waals surface area contributed by atoms with Gasteiger partial charge in [-0.3, -0.25) is 0 Å². The summed E-state index contributed by atoms with van der Waals surface area (Å²) in [5.74, 6) is 1.41. The molecule has 0 fully saturated rings. The smallest absolute Gasteiger partial charge is 0.227 e. The van der Waals surface area contributed by atoms with Crippen LogP contribution in [0.5, 0.6) is 5.88 Å². The van der Waals surface area contributed by atoms with Gasteiger partial charge in [-0.2, -0.15) is 4.98 Å². The molecule has 0 spiro atoms. The number of hydrogen-bond acceptors (Lipinski definition) is 5. The van der Waals surface area contributed by atoms with Gasteiger partial charge in [0.15, 0.2) is 0 Å². The van der Waals surface area contributed by atoms with Crippen LogP contribution in [-0.2, 0) is 6.42 Å². The minimum atomic E-state index is 0.680. The summed E-state index contributed by atoms with van der Waals surface area (Å²) in [4.78, 5) is 11.5. The lowest BCUT2D eigenvalue weighted by molar-refractivity contribution is 0.299. The highest BCUT2D eigenvalue weighted by molar-refractivity contribution is 7.18. The van der Waals surface area contributed by atoms with E-state index in [1.165, 1.54) is 17.7 Å².